The lowest BCUT2D eigenvalue weighted by atomic mass is 9.73. The summed E-state index contributed by atoms with van der Waals surface area (Å²) in [5.74, 6) is -0.276. The number of carbonyl (C=O) groups excluding carboxylic acids is 1. The number of benzene rings is 2. The third-order valence-corrected chi connectivity index (χ3v) is 5.08. The van der Waals surface area contributed by atoms with Gasteiger partial charge in [-0.05, 0) is 36.1 Å². The normalized spacial score (nSPS) is 16.8. The van der Waals surface area contributed by atoms with Crippen LogP contribution in [0.15, 0.2) is 60.7 Å². The van der Waals surface area contributed by atoms with E-state index in [9.17, 15) is 18.0 Å². The van der Waals surface area contributed by atoms with E-state index in [1.54, 1.807) is 12.1 Å². The average molecular weight is 389 g/mol. The molecule has 0 atom stereocenters. The zero-order valence-corrected chi connectivity index (χ0v) is 15.3. The van der Waals surface area contributed by atoms with Crippen molar-refractivity contribution in [1.29, 1.82) is 0 Å². The van der Waals surface area contributed by atoms with Crippen molar-refractivity contribution in [3.05, 3.63) is 77.4 Å². The zero-order valence-electron chi connectivity index (χ0n) is 15.3. The fourth-order valence-corrected chi connectivity index (χ4v) is 3.41. The maximum Gasteiger partial charge on any atom is 0.416 e. The first-order valence-electron chi connectivity index (χ1n) is 9.16. The number of carbonyl (C=O) groups is 1. The minimum absolute atomic E-state index is 0.260. The van der Waals surface area contributed by atoms with E-state index >= 15 is 0 Å². The van der Waals surface area contributed by atoms with Crippen molar-refractivity contribution in [2.75, 3.05) is 19.8 Å². The molecule has 1 N–H and O–H groups in total. The van der Waals surface area contributed by atoms with Gasteiger partial charge in [0, 0.05) is 31.2 Å². The standard InChI is InChI=1S/C22H22F3NO2/c23-22(24,25)19-8-4-7-18(15-19)21(11-13-28-14-12-21)16-26-20(27)10-9-17-5-2-1-3-6-17/h1-10,15H,11-14,16H2,(H,26,27)/b10-9+. The summed E-state index contributed by atoms with van der Waals surface area (Å²) < 4.78 is 44.8. The Bertz CT molecular complexity index is 825. The minimum atomic E-state index is -4.40. The Kier molecular flexibility index (Phi) is 6.19. The maximum atomic E-state index is 13.1. The first-order chi connectivity index (χ1) is 13.4. The second-order valence-corrected chi connectivity index (χ2v) is 6.93. The predicted molar refractivity (Wildman–Crippen MR) is 102 cm³/mol. The van der Waals surface area contributed by atoms with Crippen LogP contribution in [0.4, 0.5) is 13.2 Å². The summed E-state index contributed by atoms with van der Waals surface area (Å²) in [6.07, 6.45) is -0.150. The number of halogens is 3. The SMILES string of the molecule is O=C(/C=C/c1ccccc1)NCC1(c2cccc(C(F)(F)F)c2)CCOCC1. The Hall–Kier alpha value is -2.60. The van der Waals surface area contributed by atoms with Gasteiger partial charge in [-0.1, -0.05) is 48.5 Å². The second kappa shape index (κ2) is 8.61. The van der Waals surface area contributed by atoms with E-state index in [2.05, 4.69) is 5.32 Å². The molecule has 6 heteroatoms. The molecule has 0 radical (unpaired) electrons. The van der Waals surface area contributed by atoms with Crippen LogP contribution in [-0.2, 0) is 21.1 Å². The fourth-order valence-electron chi connectivity index (χ4n) is 3.41. The molecule has 3 rings (SSSR count). The number of alkyl halides is 3. The number of amides is 1. The number of rotatable bonds is 5. The Labute approximate surface area is 162 Å². The van der Waals surface area contributed by atoms with Gasteiger partial charge in [-0.15, -0.1) is 0 Å². The Morgan fingerprint density at radius 1 is 1.07 bits per heavy atom. The highest BCUT2D eigenvalue weighted by atomic mass is 19.4. The van der Waals surface area contributed by atoms with Crippen molar-refractivity contribution in [3.8, 4) is 0 Å². The largest absolute Gasteiger partial charge is 0.416 e. The van der Waals surface area contributed by atoms with Crippen LogP contribution in [0.3, 0.4) is 0 Å². The van der Waals surface area contributed by atoms with E-state index in [4.69, 9.17) is 4.74 Å². The van der Waals surface area contributed by atoms with Gasteiger partial charge in [0.1, 0.15) is 0 Å². The van der Waals surface area contributed by atoms with E-state index in [0.717, 1.165) is 11.6 Å². The molecule has 0 spiro atoms. The lowest BCUT2D eigenvalue weighted by molar-refractivity contribution is -0.137. The molecule has 1 saturated heterocycles. The van der Waals surface area contributed by atoms with E-state index in [1.165, 1.54) is 18.2 Å². The molecule has 1 aliphatic rings. The molecular formula is C22H22F3NO2. The molecule has 0 bridgehead atoms. The number of nitrogens with one attached hydrogen (secondary N) is 1. The topological polar surface area (TPSA) is 38.3 Å². The molecule has 2 aromatic carbocycles. The molecule has 0 saturated carbocycles. The summed E-state index contributed by atoms with van der Waals surface area (Å²) >= 11 is 0. The van der Waals surface area contributed by atoms with Crippen molar-refractivity contribution >= 4 is 12.0 Å². The minimum Gasteiger partial charge on any atom is -0.381 e. The monoisotopic (exact) mass is 389 g/mol. The van der Waals surface area contributed by atoms with Gasteiger partial charge in [0.25, 0.3) is 0 Å². The van der Waals surface area contributed by atoms with Crippen LogP contribution < -0.4 is 5.32 Å². The van der Waals surface area contributed by atoms with E-state index < -0.39 is 17.2 Å². The van der Waals surface area contributed by atoms with Crippen LogP contribution in [-0.4, -0.2) is 25.7 Å². The molecule has 1 amide bonds. The quantitative estimate of drug-likeness (QED) is 0.760. The predicted octanol–water partition coefficient (Wildman–Crippen LogP) is 4.58. The fraction of sp³-hybridized carbons (Fsp3) is 0.318. The highest BCUT2D eigenvalue weighted by Gasteiger charge is 2.37. The molecule has 148 valence electrons. The molecule has 2 aromatic rings. The van der Waals surface area contributed by atoms with E-state index in [0.29, 0.717) is 31.6 Å². The molecule has 28 heavy (non-hydrogen) atoms. The molecular weight excluding hydrogens is 367 g/mol. The highest BCUT2D eigenvalue weighted by molar-refractivity contribution is 5.91. The van der Waals surface area contributed by atoms with Crippen LogP contribution in [0.2, 0.25) is 0 Å². The Morgan fingerprint density at radius 3 is 2.46 bits per heavy atom. The third-order valence-electron chi connectivity index (χ3n) is 5.08. The summed E-state index contributed by atoms with van der Waals surface area (Å²) in [6, 6.07) is 14.8. The maximum absolute atomic E-state index is 13.1. The van der Waals surface area contributed by atoms with Crippen molar-refractivity contribution in [1.82, 2.24) is 5.32 Å². The van der Waals surface area contributed by atoms with Gasteiger partial charge in [0.05, 0.1) is 5.56 Å². The van der Waals surface area contributed by atoms with Crippen LogP contribution >= 0.6 is 0 Å². The van der Waals surface area contributed by atoms with Crippen molar-refractivity contribution in [3.63, 3.8) is 0 Å². The van der Waals surface area contributed by atoms with Crippen LogP contribution in [0.25, 0.3) is 6.08 Å². The van der Waals surface area contributed by atoms with Gasteiger partial charge in [-0.3, -0.25) is 4.79 Å². The Morgan fingerprint density at radius 2 is 1.79 bits per heavy atom. The lowest BCUT2D eigenvalue weighted by Gasteiger charge is -2.38. The zero-order chi connectivity index (χ0) is 20.0. The van der Waals surface area contributed by atoms with Crippen LogP contribution in [0.1, 0.15) is 29.5 Å². The average Bonchev–Trinajstić information content (AvgIpc) is 2.72. The van der Waals surface area contributed by atoms with E-state index in [-0.39, 0.29) is 12.5 Å². The van der Waals surface area contributed by atoms with Crippen molar-refractivity contribution in [2.24, 2.45) is 0 Å². The summed E-state index contributed by atoms with van der Waals surface area (Å²) in [7, 11) is 0. The smallest absolute Gasteiger partial charge is 0.381 e. The van der Waals surface area contributed by atoms with Crippen molar-refractivity contribution < 1.29 is 22.7 Å². The van der Waals surface area contributed by atoms with Gasteiger partial charge < -0.3 is 10.1 Å². The van der Waals surface area contributed by atoms with Gasteiger partial charge in [-0.25, -0.2) is 0 Å². The van der Waals surface area contributed by atoms with Gasteiger partial charge in [0.2, 0.25) is 5.91 Å². The number of ether oxygens (including phenoxy) is 1. The van der Waals surface area contributed by atoms with Crippen molar-refractivity contribution in [2.45, 2.75) is 24.4 Å². The lowest BCUT2D eigenvalue weighted by Crippen LogP contribution is -2.44. The van der Waals surface area contributed by atoms with E-state index in [1.807, 2.05) is 30.3 Å². The molecule has 0 unspecified atom stereocenters. The highest BCUT2D eigenvalue weighted by Crippen LogP contribution is 2.37. The second-order valence-electron chi connectivity index (χ2n) is 6.93. The number of hydrogen-bond donors (Lipinski definition) is 1. The Balaban J connectivity index is 1.75. The molecule has 1 aliphatic heterocycles. The molecule has 0 aliphatic carbocycles. The van der Waals surface area contributed by atoms with Gasteiger partial charge >= 0.3 is 6.18 Å². The van der Waals surface area contributed by atoms with Crippen LogP contribution in [0.5, 0.6) is 0 Å². The first kappa shape index (κ1) is 20.1. The summed E-state index contributed by atoms with van der Waals surface area (Å²) in [5, 5.41) is 2.86. The first-order valence-corrected chi connectivity index (χ1v) is 9.16. The third kappa shape index (κ3) is 5.01. The summed E-state index contributed by atoms with van der Waals surface area (Å²) in [4.78, 5) is 12.2. The van der Waals surface area contributed by atoms with Crippen LogP contribution in [0, 0.1) is 0 Å². The summed E-state index contributed by atoms with van der Waals surface area (Å²) in [6.45, 7) is 1.16. The van der Waals surface area contributed by atoms with Gasteiger partial charge in [0.15, 0.2) is 0 Å². The summed E-state index contributed by atoms with van der Waals surface area (Å²) in [5.41, 5.74) is 0.232. The molecule has 1 heterocycles. The molecule has 3 nitrogen and oxygen atoms in total. The van der Waals surface area contributed by atoms with Gasteiger partial charge in [-0.2, -0.15) is 13.2 Å². The number of hydrogen-bond acceptors (Lipinski definition) is 2. The molecule has 0 aromatic heterocycles. The molecule has 1 fully saturated rings.